The third kappa shape index (κ3) is 2.73. The molecule has 0 spiro atoms. The fourth-order valence-corrected chi connectivity index (χ4v) is 2.99. The van der Waals surface area contributed by atoms with E-state index in [0.717, 1.165) is 50.6 Å². The molecule has 0 aromatic carbocycles. The first-order valence-electron chi connectivity index (χ1n) is 8.40. The number of aryl methyl sites for hydroxylation is 1. The summed E-state index contributed by atoms with van der Waals surface area (Å²) in [6, 6.07) is 11.7. The van der Waals surface area contributed by atoms with E-state index in [1.165, 1.54) is 0 Å². The lowest BCUT2D eigenvalue weighted by atomic mass is 10.1. The van der Waals surface area contributed by atoms with Crippen LogP contribution in [-0.2, 0) is 0 Å². The van der Waals surface area contributed by atoms with Crippen molar-refractivity contribution in [1.82, 2.24) is 40.6 Å². The Bertz CT molecular complexity index is 1240. The van der Waals surface area contributed by atoms with Crippen LogP contribution in [0.15, 0.2) is 55.0 Å². The van der Waals surface area contributed by atoms with E-state index in [-0.39, 0.29) is 0 Å². The first-order chi connectivity index (χ1) is 13.3. The van der Waals surface area contributed by atoms with Crippen LogP contribution in [-0.4, -0.2) is 40.6 Å². The third-order valence-electron chi connectivity index (χ3n) is 4.30. The van der Waals surface area contributed by atoms with Crippen molar-refractivity contribution in [1.29, 1.82) is 0 Å². The fraction of sp³-hybridized carbons (Fsp3) is 0.0526. The van der Waals surface area contributed by atoms with Crippen molar-refractivity contribution in [3.63, 3.8) is 0 Å². The van der Waals surface area contributed by atoms with Gasteiger partial charge in [0.05, 0.1) is 28.6 Å². The zero-order valence-corrected chi connectivity index (χ0v) is 14.4. The van der Waals surface area contributed by atoms with E-state index in [0.29, 0.717) is 0 Å². The number of pyridine rings is 3. The monoisotopic (exact) mass is 354 g/mol. The zero-order chi connectivity index (χ0) is 18.2. The van der Waals surface area contributed by atoms with Crippen LogP contribution in [0, 0.1) is 6.92 Å². The van der Waals surface area contributed by atoms with Gasteiger partial charge in [0, 0.05) is 29.2 Å². The number of aromatic amines is 2. The first kappa shape index (κ1) is 15.3. The Balaban J connectivity index is 1.63. The summed E-state index contributed by atoms with van der Waals surface area (Å²) in [5.41, 5.74) is 7.37. The molecule has 0 aliphatic rings. The third-order valence-corrected chi connectivity index (χ3v) is 4.30. The topological polar surface area (TPSA) is 109 Å². The highest BCUT2D eigenvalue weighted by molar-refractivity contribution is 5.84. The summed E-state index contributed by atoms with van der Waals surface area (Å²) >= 11 is 0. The summed E-state index contributed by atoms with van der Waals surface area (Å²) in [6.07, 6.45) is 5.33. The molecule has 0 atom stereocenters. The second-order valence-corrected chi connectivity index (χ2v) is 6.13. The number of hydrogen-bond acceptors (Lipinski definition) is 6. The fourth-order valence-electron chi connectivity index (χ4n) is 2.99. The summed E-state index contributed by atoms with van der Waals surface area (Å²) in [4.78, 5) is 13.8. The highest BCUT2D eigenvalue weighted by Gasteiger charge is 2.14. The van der Waals surface area contributed by atoms with Gasteiger partial charge in [-0.05, 0) is 37.3 Å². The molecule has 0 amide bonds. The van der Waals surface area contributed by atoms with Gasteiger partial charge in [0.1, 0.15) is 11.4 Å². The van der Waals surface area contributed by atoms with Gasteiger partial charge in [-0.3, -0.25) is 20.2 Å². The molecular formula is C19H14N8. The van der Waals surface area contributed by atoms with Crippen LogP contribution in [0.5, 0.6) is 0 Å². The highest BCUT2D eigenvalue weighted by atomic mass is 15.3. The SMILES string of the molecule is Cc1cccc(-c2n[nH]cc2-c2ccc3ncc(-c4c[nH]nn4)cc3n2)n1. The van der Waals surface area contributed by atoms with Crippen molar-refractivity contribution in [2.75, 3.05) is 0 Å². The Kier molecular flexibility index (Phi) is 3.46. The molecule has 130 valence electrons. The maximum atomic E-state index is 4.79. The van der Waals surface area contributed by atoms with Crippen LogP contribution in [0.1, 0.15) is 5.69 Å². The molecule has 0 radical (unpaired) electrons. The molecule has 0 aliphatic carbocycles. The summed E-state index contributed by atoms with van der Waals surface area (Å²) in [6.45, 7) is 1.96. The van der Waals surface area contributed by atoms with Gasteiger partial charge in [-0.2, -0.15) is 5.10 Å². The summed E-state index contributed by atoms with van der Waals surface area (Å²) in [5, 5.41) is 17.8. The maximum absolute atomic E-state index is 4.79. The van der Waals surface area contributed by atoms with E-state index in [1.54, 1.807) is 12.4 Å². The van der Waals surface area contributed by atoms with Gasteiger partial charge < -0.3 is 0 Å². The summed E-state index contributed by atoms with van der Waals surface area (Å²) in [5.74, 6) is 0. The van der Waals surface area contributed by atoms with Crippen LogP contribution >= 0.6 is 0 Å². The molecule has 0 saturated carbocycles. The molecule has 0 fully saturated rings. The standard InChI is InChI=1S/C19H14N8/c1-11-3-2-4-16(23-11)19-13(9-21-26-19)14-5-6-15-17(24-14)7-12(8-20-15)18-10-22-27-25-18/h2-10H,1H3,(H,21,26)(H,22,25,27). The minimum atomic E-state index is 0.726. The number of fused-ring (bicyclic) bond motifs is 1. The van der Waals surface area contributed by atoms with Crippen LogP contribution < -0.4 is 0 Å². The van der Waals surface area contributed by atoms with Crippen LogP contribution in [0.3, 0.4) is 0 Å². The molecule has 5 rings (SSSR count). The van der Waals surface area contributed by atoms with E-state index in [1.807, 2.05) is 49.5 Å². The minimum absolute atomic E-state index is 0.726. The molecule has 5 heterocycles. The minimum Gasteiger partial charge on any atom is -0.284 e. The van der Waals surface area contributed by atoms with Gasteiger partial charge in [0.2, 0.25) is 0 Å². The van der Waals surface area contributed by atoms with Gasteiger partial charge in [-0.15, -0.1) is 5.10 Å². The van der Waals surface area contributed by atoms with Crippen molar-refractivity contribution < 1.29 is 0 Å². The molecule has 5 aromatic heterocycles. The number of aromatic nitrogens is 8. The van der Waals surface area contributed by atoms with Crippen LogP contribution in [0.4, 0.5) is 0 Å². The van der Waals surface area contributed by atoms with Crippen molar-refractivity contribution in [3.05, 3.63) is 60.7 Å². The normalized spacial score (nSPS) is 11.1. The molecule has 2 N–H and O–H groups in total. The highest BCUT2D eigenvalue weighted by Crippen LogP contribution is 2.29. The van der Waals surface area contributed by atoms with E-state index < -0.39 is 0 Å². The average molecular weight is 354 g/mol. The lowest BCUT2D eigenvalue weighted by Gasteiger charge is -2.05. The van der Waals surface area contributed by atoms with E-state index in [2.05, 4.69) is 35.6 Å². The lowest BCUT2D eigenvalue weighted by molar-refractivity contribution is 0.942. The van der Waals surface area contributed by atoms with E-state index in [4.69, 9.17) is 4.98 Å². The molecule has 0 bridgehead atoms. The van der Waals surface area contributed by atoms with Crippen LogP contribution in [0.2, 0.25) is 0 Å². The first-order valence-corrected chi connectivity index (χ1v) is 8.40. The average Bonchev–Trinajstić information content (AvgIpc) is 3.39. The Labute approximate surface area is 153 Å². The molecule has 0 saturated heterocycles. The molecule has 8 heteroatoms. The van der Waals surface area contributed by atoms with Crippen molar-refractivity contribution >= 4 is 11.0 Å². The molecule has 0 unspecified atom stereocenters. The smallest absolute Gasteiger partial charge is 0.120 e. The lowest BCUT2D eigenvalue weighted by Crippen LogP contribution is -1.92. The predicted molar refractivity (Wildman–Crippen MR) is 100 cm³/mol. The van der Waals surface area contributed by atoms with Crippen molar-refractivity contribution in [3.8, 4) is 33.9 Å². The number of nitrogens with zero attached hydrogens (tertiary/aromatic N) is 6. The number of H-pyrrole nitrogens is 2. The molecule has 8 nitrogen and oxygen atoms in total. The van der Waals surface area contributed by atoms with Crippen molar-refractivity contribution in [2.24, 2.45) is 0 Å². The molecule has 5 aromatic rings. The number of hydrogen-bond donors (Lipinski definition) is 2. The van der Waals surface area contributed by atoms with Gasteiger partial charge >= 0.3 is 0 Å². The summed E-state index contributed by atoms with van der Waals surface area (Å²) in [7, 11) is 0. The van der Waals surface area contributed by atoms with Gasteiger partial charge in [0.25, 0.3) is 0 Å². The second-order valence-electron chi connectivity index (χ2n) is 6.13. The maximum Gasteiger partial charge on any atom is 0.120 e. The van der Waals surface area contributed by atoms with Crippen LogP contribution in [0.25, 0.3) is 44.9 Å². The quantitative estimate of drug-likeness (QED) is 0.515. The zero-order valence-electron chi connectivity index (χ0n) is 14.4. The van der Waals surface area contributed by atoms with E-state index in [9.17, 15) is 0 Å². The number of rotatable bonds is 3. The van der Waals surface area contributed by atoms with Gasteiger partial charge in [-0.25, -0.2) is 4.98 Å². The summed E-state index contributed by atoms with van der Waals surface area (Å²) < 4.78 is 0. The van der Waals surface area contributed by atoms with Gasteiger partial charge in [0.15, 0.2) is 0 Å². The molecule has 27 heavy (non-hydrogen) atoms. The molecular weight excluding hydrogens is 340 g/mol. The Morgan fingerprint density at radius 2 is 1.81 bits per heavy atom. The predicted octanol–water partition coefficient (Wildman–Crippen LogP) is 3.18. The Morgan fingerprint density at radius 3 is 2.67 bits per heavy atom. The largest absolute Gasteiger partial charge is 0.284 e. The molecule has 0 aliphatic heterocycles. The van der Waals surface area contributed by atoms with Crippen molar-refractivity contribution in [2.45, 2.75) is 6.92 Å². The van der Waals surface area contributed by atoms with Gasteiger partial charge in [-0.1, -0.05) is 11.3 Å². The van der Waals surface area contributed by atoms with E-state index >= 15 is 0 Å². The second kappa shape index (κ2) is 6.10. The Morgan fingerprint density at radius 1 is 0.852 bits per heavy atom. The Hall–Kier alpha value is -3.94. The number of nitrogens with one attached hydrogen (secondary N) is 2.